The van der Waals surface area contributed by atoms with Crippen LogP contribution in [0.1, 0.15) is 20.3 Å². The molecule has 1 fully saturated rings. The van der Waals surface area contributed by atoms with Gasteiger partial charge in [0.2, 0.25) is 5.91 Å². The van der Waals surface area contributed by atoms with Gasteiger partial charge >= 0.3 is 0 Å². The van der Waals surface area contributed by atoms with Crippen LogP contribution in [-0.4, -0.2) is 43.3 Å². The highest BCUT2D eigenvalue weighted by atomic mass is 32.2. The molecule has 76 valence electrons. The Kier molecular flexibility index (Phi) is 2.95. The molecule has 1 rings (SSSR count). The predicted molar refractivity (Wildman–Crippen MR) is 50.1 cm³/mol. The molecule has 1 aliphatic rings. The summed E-state index contributed by atoms with van der Waals surface area (Å²) in [5.41, 5.74) is 0. The molecule has 0 N–H and O–H groups in total. The average Bonchev–Trinajstić information content (AvgIpc) is 2.31. The second-order valence-corrected chi connectivity index (χ2v) is 5.59. The Bertz CT molecular complexity index is 297. The molecule has 0 aromatic carbocycles. The van der Waals surface area contributed by atoms with Crippen molar-refractivity contribution < 1.29 is 13.2 Å². The van der Waals surface area contributed by atoms with E-state index in [9.17, 15) is 13.2 Å². The van der Waals surface area contributed by atoms with Gasteiger partial charge in [0.05, 0.1) is 11.5 Å². The van der Waals surface area contributed by atoms with Gasteiger partial charge in [-0.15, -0.1) is 0 Å². The fraction of sp³-hybridized carbons (Fsp3) is 0.875. The predicted octanol–water partition coefficient (Wildman–Crippen LogP) is 0.0419. The van der Waals surface area contributed by atoms with Gasteiger partial charge in [0.25, 0.3) is 0 Å². The smallest absolute Gasteiger partial charge is 0.219 e. The maximum absolute atomic E-state index is 11.1. The molecule has 1 unspecified atom stereocenters. The minimum atomic E-state index is -2.88. The summed E-state index contributed by atoms with van der Waals surface area (Å²) >= 11 is 0. The van der Waals surface area contributed by atoms with Crippen LogP contribution in [0.25, 0.3) is 0 Å². The van der Waals surface area contributed by atoms with Gasteiger partial charge < -0.3 is 4.90 Å². The minimum absolute atomic E-state index is 0.0374. The molecule has 1 aliphatic heterocycles. The Balaban J connectivity index is 2.69. The van der Waals surface area contributed by atoms with E-state index < -0.39 is 9.84 Å². The number of carbonyl (C=O) groups excluding carboxylic acids is 1. The van der Waals surface area contributed by atoms with Gasteiger partial charge in [-0.3, -0.25) is 4.79 Å². The highest BCUT2D eigenvalue weighted by Crippen LogP contribution is 2.17. The Labute approximate surface area is 78.8 Å². The van der Waals surface area contributed by atoms with Crippen LogP contribution < -0.4 is 0 Å². The van der Waals surface area contributed by atoms with Crippen molar-refractivity contribution in [1.82, 2.24) is 4.90 Å². The largest absolute Gasteiger partial charge is 0.339 e. The molecule has 5 heteroatoms. The van der Waals surface area contributed by atoms with Crippen LogP contribution in [0.15, 0.2) is 0 Å². The van der Waals surface area contributed by atoms with E-state index in [2.05, 4.69) is 0 Å². The SMILES string of the molecule is CCN(C(C)=O)C1CCS(=O)(=O)C1. The van der Waals surface area contributed by atoms with Gasteiger partial charge in [-0.1, -0.05) is 0 Å². The maximum atomic E-state index is 11.1. The molecule has 0 saturated carbocycles. The van der Waals surface area contributed by atoms with Crippen molar-refractivity contribution in [2.75, 3.05) is 18.1 Å². The van der Waals surface area contributed by atoms with E-state index in [0.717, 1.165) is 0 Å². The van der Waals surface area contributed by atoms with E-state index in [-0.39, 0.29) is 23.5 Å². The molecule has 0 aromatic heterocycles. The lowest BCUT2D eigenvalue weighted by atomic mass is 10.2. The number of carbonyl (C=O) groups is 1. The van der Waals surface area contributed by atoms with E-state index in [1.54, 1.807) is 4.90 Å². The molecule has 0 radical (unpaired) electrons. The minimum Gasteiger partial charge on any atom is -0.339 e. The number of nitrogens with zero attached hydrogens (tertiary/aromatic N) is 1. The zero-order chi connectivity index (χ0) is 10.1. The first-order chi connectivity index (χ1) is 5.96. The molecule has 0 aromatic rings. The number of hydrogen-bond acceptors (Lipinski definition) is 3. The first kappa shape index (κ1) is 10.5. The van der Waals surface area contributed by atoms with Gasteiger partial charge in [-0.05, 0) is 13.3 Å². The Morgan fingerprint density at radius 1 is 1.54 bits per heavy atom. The van der Waals surface area contributed by atoms with E-state index >= 15 is 0 Å². The summed E-state index contributed by atoms with van der Waals surface area (Å²) in [7, 11) is -2.88. The normalized spacial score (nSPS) is 25.8. The van der Waals surface area contributed by atoms with E-state index in [4.69, 9.17) is 0 Å². The lowest BCUT2D eigenvalue weighted by molar-refractivity contribution is -0.130. The summed E-state index contributed by atoms with van der Waals surface area (Å²) in [6.07, 6.45) is 0.593. The second kappa shape index (κ2) is 3.65. The van der Waals surface area contributed by atoms with Crippen molar-refractivity contribution in [1.29, 1.82) is 0 Å². The number of rotatable bonds is 2. The van der Waals surface area contributed by atoms with Crippen LogP contribution in [0.3, 0.4) is 0 Å². The molecule has 0 bridgehead atoms. The summed E-state index contributed by atoms with van der Waals surface area (Å²) in [6, 6.07) is -0.0903. The summed E-state index contributed by atoms with van der Waals surface area (Å²) in [5, 5.41) is 0. The summed E-state index contributed by atoms with van der Waals surface area (Å²) in [4.78, 5) is 12.7. The van der Waals surface area contributed by atoms with Crippen molar-refractivity contribution in [2.45, 2.75) is 26.3 Å². The van der Waals surface area contributed by atoms with E-state index in [1.807, 2.05) is 6.92 Å². The standard InChI is InChI=1S/C8H15NO3S/c1-3-9(7(2)10)8-4-5-13(11,12)6-8/h8H,3-6H2,1-2H3. The topological polar surface area (TPSA) is 54.5 Å². The van der Waals surface area contributed by atoms with Gasteiger partial charge in [0, 0.05) is 19.5 Å². The molecule has 1 amide bonds. The third-order valence-corrected chi connectivity index (χ3v) is 4.14. The fourth-order valence-corrected chi connectivity index (χ4v) is 3.49. The highest BCUT2D eigenvalue weighted by molar-refractivity contribution is 7.91. The lowest BCUT2D eigenvalue weighted by Crippen LogP contribution is -2.39. The maximum Gasteiger partial charge on any atom is 0.219 e. The number of hydrogen-bond donors (Lipinski definition) is 0. The van der Waals surface area contributed by atoms with Crippen molar-refractivity contribution in [3.63, 3.8) is 0 Å². The van der Waals surface area contributed by atoms with Crippen LogP contribution in [0.4, 0.5) is 0 Å². The summed E-state index contributed by atoms with van der Waals surface area (Å²) in [6.45, 7) is 3.94. The fourth-order valence-electron chi connectivity index (χ4n) is 1.76. The van der Waals surface area contributed by atoms with Crippen LogP contribution >= 0.6 is 0 Å². The molecular formula is C8H15NO3S. The summed E-state index contributed by atoms with van der Waals surface area (Å²) in [5.74, 6) is 0.326. The molecule has 13 heavy (non-hydrogen) atoms. The third kappa shape index (κ3) is 2.43. The van der Waals surface area contributed by atoms with Crippen molar-refractivity contribution >= 4 is 15.7 Å². The van der Waals surface area contributed by atoms with Gasteiger partial charge in [0.15, 0.2) is 9.84 Å². The number of sulfone groups is 1. The average molecular weight is 205 g/mol. The van der Waals surface area contributed by atoms with Crippen LogP contribution in [-0.2, 0) is 14.6 Å². The van der Waals surface area contributed by atoms with Crippen molar-refractivity contribution in [2.24, 2.45) is 0 Å². The van der Waals surface area contributed by atoms with Crippen molar-refractivity contribution in [3.05, 3.63) is 0 Å². The van der Waals surface area contributed by atoms with Crippen LogP contribution in [0.5, 0.6) is 0 Å². The van der Waals surface area contributed by atoms with Gasteiger partial charge in [-0.25, -0.2) is 8.42 Å². The second-order valence-electron chi connectivity index (χ2n) is 3.36. The molecule has 4 nitrogen and oxygen atoms in total. The summed E-state index contributed by atoms with van der Waals surface area (Å²) < 4.78 is 22.3. The number of amides is 1. The van der Waals surface area contributed by atoms with Crippen LogP contribution in [0, 0.1) is 0 Å². The quantitative estimate of drug-likeness (QED) is 0.639. The highest BCUT2D eigenvalue weighted by Gasteiger charge is 2.32. The van der Waals surface area contributed by atoms with E-state index in [1.165, 1.54) is 6.92 Å². The molecule has 1 saturated heterocycles. The third-order valence-electron chi connectivity index (χ3n) is 2.39. The molecule has 1 heterocycles. The zero-order valence-electron chi connectivity index (χ0n) is 7.99. The zero-order valence-corrected chi connectivity index (χ0v) is 8.80. The van der Waals surface area contributed by atoms with Gasteiger partial charge in [-0.2, -0.15) is 0 Å². The monoisotopic (exact) mass is 205 g/mol. The first-order valence-corrected chi connectivity index (χ1v) is 6.26. The molecular weight excluding hydrogens is 190 g/mol. The van der Waals surface area contributed by atoms with Gasteiger partial charge in [0.1, 0.15) is 0 Å². The molecule has 0 spiro atoms. The lowest BCUT2D eigenvalue weighted by Gasteiger charge is -2.25. The Morgan fingerprint density at radius 2 is 2.15 bits per heavy atom. The Morgan fingerprint density at radius 3 is 2.46 bits per heavy atom. The molecule has 0 aliphatic carbocycles. The molecule has 1 atom stereocenters. The van der Waals surface area contributed by atoms with Crippen molar-refractivity contribution in [3.8, 4) is 0 Å². The van der Waals surface area contributed by atoms with E-state index in [0.29, 0.717) is 13.0 Å². The van der Waals surface area contributed by atoms with Crippen LogP contribution in [0.2, 0.25) is 0 Å². The Hall–Kier alpha value is -0.580. The first-order valence-electron chi connectivity index (χ1n) is 4.44.